The molecule has 0 aliphatic heterocycles. The van der Waals surface area contributed by atoms with E-state index in [1.807, 2.05) is 0 Å². The standard InChI is InChI=1S/C5H4BrN3O2/c6-3-1-4(7)8-5(2-3)9(10)11/h1-2H,(H2,7,8). The molecule has 1 heterocycles. The topological polar surface area (TPSA) is 82.0 Å². The number of aromatic nitrogens is 1. The predicted molar refractivity (Wildman–Crippen MR) is 43.0 cm³/mol. The molecular formula is C5H4BrN3O2. The van der Waals surface area contributed by atoms with Gasteiger partial charge in [-0.25, -0.2) is 0 Å². The lowest BCUT2D eigenvalue weighted by atomic mass is 10.4. The number of rotatable bonds is 1. The highest BCUT2D eigenvalue weighted by atomic mass is 79.9. The second-order valence-electron chi connectivity index (χ2n) is 1.83. The Balaban J connectivity index is 3.19. The summed E-state index contributed by atoms with van der Waals surface area (Å²) >= 11 is 3.06. The molecule has 1 aromatic heterocycles. The maximum atomic E-state index is 10.2. The van der Waals surface area contributed by atoms with Crippen LogP contribution in [0.1, 0.15) is 0 Å². The lowest BCUT2D eigenvalue weighted by Gasteiger charge is -1.92. The Hall–Kier alpha value is -1.17. The van der Waals surface area contributed by atoms with E-state index in [0.717, 1.165) is 0 Å². The van der Waals surface area contributed by atoms with Crippen LogP contribution in [0.2, 0.25) is 0 Å². The van der Waals surface area contributed by atoms with E-state index in [4.69, 9.17) is 5.73 Å². The summed E-state index contributed by atoms with van der Waals surface area (Å²) in [5, 5.41) is 10.2. The monoisotopic (exact) mass is 217 g/mol. The number of nitrogens with two attached hydrogens (primary N) is 1. The van der Waals surface area contributed by atoms with Gasteiger partial charge in [-0.1, -0.05) is 15.9 Å². The molecule has 6 heteroatoms. The number of hydrogen-bond acceptors (Lipinski definition) is 4. The van der Waals surface area contributed by atoms with Gasteiger partial charge < -0.3 is 15.8 Å². The van der Waals surface area contributed by atoms with Crippen molar-refractivity contribution < 1.29 is 4.92 Å². The van der Waals surface area contributed by atoms with Gasteiger partial charge in [-0.15, -0.1) is 0 Å². The van der Waals surface area contributed by atoms with Crippen LogP contribution in [0.5, 0.6) is 0 Å². The molecule has 0 radical (unpaired) electrons. The summed E-state index contributed by atoms with van der Waals surface area (Å²) in [5.74, 6) is -0.122. The molecule has 0 fully saturated rings. The molecule has 58 valence electrons. The van der Waals surface area contributed by atoms with Crippen molar-refractivity contribution in [3.8, 4) is 0 Å². The van der Waals surface area contributed by atoms with Gasteiger partial charge in [-0.3, -0.25) is 0 Å². The van der Waals surface area contributed by atoms with Crippen molar-refractivity contribution >= 4 is 27.6 Å². The van der Waals surface area contributed by atoms with Crippen LogP contribution in [0.3, 0.4) is 0 Å². The Bertz CT molecular complexity index is 282. The smallest absolute Gasteiger partial charge is 0.363 e. The zero-order valence-corrected chi connectivity index (χ0v) is 6.91. The van der Waals surface area contributed by atoms with Crippen molar-refractivity contribution in [3.05, 3.63) is 26.7 Å². The zero-order valence-electron chi connectivity index (χ0n) is 5.32. The molecule has 0 aromatic carbocycles. The molecule has 0 atom stereocenters. The van der Waals surface area contributed by atoms with Crippen LogP contribution in [0.25, 0.3) is 0 Å². The Morgan fingerprint density at radius 2 is 2.27 bits per heavy atom. The first-order valence-corrected chi connectivity index (χ1v) is 3.46. The fourth-order valence-corrected chi connectivity index (χ4v) is 1.04. The van der Waals surface area contributed by atoms with Gasteiger partial charge in [0, 0.05) is 10.5 Å². The molecule has 0 spiro atoms. The summed E-state index contributed by atoms with van der Waals surface area (Å²) in [4.78, 5) is 13.1. The van der Waals surface area contributed by atoms with E-state index in [1.54, 1.807) is 0 Å². The minimum absolute atomic E-state index is 0.131. The van der Waals surface area contributed by atoms with E-state index >= 15 is 0 Å². The first-order chi connectivity index (χ1) is 5.09. The Labute approximate surface area is 70.5 Å². The first-order valence-electron chi connectivity index (χ1n) is 2.67. The van der Waals surface area contributed by atoms with Crippen molar-refractivity contribution in [1.82, 2.24) is 4.98 Å². The number of anilines is 1. The SMILES string of the molecule is Nc1cc(Br)cc([N+](=O)[O-])n1. The second kappa shape index (κ2) is 2.83. The molecule has 0 unspecified atom stereocenters. The van der Waals surface area contributed by atoms with Gasteiger partial charge in [0.1, 0.15) is 0 Å². The average Bonchev–Trinajstić information content (AvgIpc) is 1.85. The van der Waals surface area contributed by atoms with Crippen LogP contribution < -0.4 is 5.73 Å². The molecule has 0 aliphatic rings. The van der Waals surface area contributed by atoms with Crippen molar-refractivity contribution in [1.29, 1.82) is 0 Å². The third-order valence-electron chi connectivity index (χ3n) is 0.983. The predicted octanol–water partition coefficient (Wildman–Crippen LogP) is 1.33. The molecule has 11 heavy (non-hydrogen) atoms. The van der Waals surface area contributed by atoms with E-state index < -0.39 is 4.92 Å². The highest BCUT2D eigenvalue weighted by Crippen LogP contribution is 2.18. The van der Waals surface area contributed by atoms with Crippen molar-refractivity contribution in [2.45, 2.75) is 0 Å². The zero-order chi connectivity index (χ0) is 8.43. The van der Waals surface area contributed by atoms with Crippen LogP contribution in [0.4, 0.5) is 11.6 Å². The van der Waals surface area contributed by atoms with Gasteiger partial charge >= 0.3 is 5.82 Å². The maximum Gasteiger partial charge on any atom is 0.366 e. The Morgan fingerprint density at radius 3 is 2.73 bits per heavy atom. The van der Waals surface area contributed by atoms with Gasteiger partial charge in [-0.05, 0) is 9.91 Å². The number of nitro groups is 1. The van der Waals surface area contributed by atoms with Crippen molar-refractivity contribution in [2.24, 2.45) is 0 Å². The molecule has 2 N–H and O–H groups in total. The van der Waals surface area contributed by atoms with Crippen LogP contribution in [-0.4, -0.2) is 9.91 Å². The van der Waals surface area contributed by atoms with Crippen LogP contribution in [0, 0.1) is 10.1 Å². The number of nitrogen functional groups attached to an aromatic ring is 1. The molecule has 0 aliphatic carbocycles. The number of pyridine rings is 1. The summed E-state index contributed by atoms with van der Waals surface area (Å²) in [5.41, 5.74) is 5.25. The summed E-state index contributed by atoms with van der Waals surface area (Å²) in [6.45, 7) is 0. The van der Waals surface area contributed by atoms with Crippen LogP contribution >= 0.6 is 15.9 Å². The number of hydrogen-bond donors (Lipinski definition) is 1. The summed E-state index contributed by atoms with van der Waals surface area (Å²) in [7, 11) is 0. The molecule has 5 nitrogen and oxygen atoms in total. The highest BCUT2D eigenvalue weighted by Gasteiger charge is 2.09. The Morgan fingerprint density at radius 1 is 1.64 bits per heavy atom. The van der Waals surface area contributed by atoms with Crippen molar-refractivity contribution in [3.63, 3.8) is 0 Å². The van der Waals surface area contributed by atoms with Gasteiger partial charge in [0.2, 0.25) is 5.82 Å². The van der Waals surface area contributed by atoms with Crippen LogP contribution in [0.15, 0.2) is 16.6 Å². The molecule has 0 bridgehead atoms. The molecule has 0 saturated heterocycles. The number of nitrogens with zero attached hydrogens (tertiary/aromatic N) is 2. The first kappa shape index (κ1) is 7.93. The lowest BCUT2D eigenvalue weighted by molar-refractivity contribution is -0.389. The molecule has 0 amide bonds. The fraction of sp³-hybridized carbons (Fsp3) is 0. The quantitative estimate of drug-likeness (QED) is 0.569. The third kappa shape index (κ3) is 1.87. The number of halogens is 1. The summed E-state index contributed by atoms with van der Waals surface area (Å²) in [6.07, 6.45) is 0. The molecule has 1 rings (SSSR count). The van der Waals surface area contributed by atoms with Gasteiger partial charge in [0.15, 0.2) is 0 Å². The van der Waals surface area contributed by atoms with Crippen molar-refractivity contribution in [2.75, 3.05) is 5.73 Å². The lowest BCUT2D eigenvalue weighted by Crippen LogP contribution is -1.96. The Kier molecular flexibility index (Phi) is 2.04. The van der Waals surface area contributed by atoms with E-state index in [-0.39, 0.29) is 11.6 Å². The molecule has 0 saturated carbocycles. The highest BCUT2D eigenvalue weighted by molar-refractivity contribution is 9.10. The summed E-state index contributed by atoms with van der Waals surface area (Å²) < 4.78 is 0.553. The fourth-order valence-electron chi connectivity index (χ4n) is 0.597. The maximum absolute atomic E-state index is 10.2. The normalized spacial score (nSPS) is 9.55. The van der Waals surface area contributed by atoms with E-state index in [0.29, 0.717) is 4.47 Å². The average molecular weight is 218 g/mol. The molecular weight excluding hydrogens is 214 g/mol. The summed E-state index contributed by atoms with van der Waals surface area (Å²) in [6, 6.07) is 2.78. The minimum atomic E-state index is -0.596. The van der Waals surface area contributed by atoms with E-state index in [2.05, 4.69) is 20.9 Å². The van der Waals surface area contributed by atoms with Gasteiger partial charge in [0.25, 0.3) is 0 Å². The van der Waals surface area contributed by atoms with Crippen LogP contribution in [-0.2, 0) is 0 Å². The largest absolute Gasteiger partial charge is 0.366 e. The van der Waals surface area contributed by atoms with E-state index in [1.165, 1.54) is 12.1 Å². The molecule has 1 aromatic rings. The van der Waals surface area contributed by atoms with Gasteiger partial charge in [-0.2, -0.15) is 0 Å². The third-order valence-corrected chi connectivity index (χ3v) is 1.44. The minimum Gasteiger partial charge on any atom is -0.363 e. The second-order valence-corrected chi connectivity index (χ2v) is 2.74. The van der Waals surface area contributed by atoms with E-state index in [9.17, 15) is 10.1 Å². The van der Waals surface area contributed by atoms with Gasteiger partial charge in [0.05, 0.1) is 6.07 Å².